The lowest BCUT2D eigenvalue weighted by molar-refractivity contribution is -0.131. The molecule has 0 aliphatic carbocycles. The standard InChI is InChI=1S/C24H16Cl3IN2O2/c25-13-3-1-2-12(8-13)18-11-21(31)30-22(16-9-14(26)5-7-19(16)28)24(18)17-6-4-15(27)10-20(17)29-23(24)32/h1-10,18,22H,11H2,(H,29,32)(H,30,31). The van der Waals surface area contributed by atoms with E-state index >= 15 is 0 Å². The number of amides is 2. The third kappa shape index (κ3) is 3.41. The lowest BCUT2D eigenvalue weighted by Gasteiger charge is -2.46. The lowest BCUT2D eigenvalue weighted by Crippen LogP contribution is -2.57. The monoisotopic (exact) mass is 596 g/mol. The third-order valence-electron chi connectivity index (χ3n) is 6.27. The van der Waals surface area contributed by atoms with Crippen molar-refractivity contribution >= 4 is 74.9 Å². The third-order valence-corrected chi connectivity index (χ3v) is 7.96. The minimum Gasteiger partial charge on any atom is -0.348 e. The van der Waals surface area contributed by atoms with Crippen LogP contribution in [-0.4, -0.2) is 11.8 Å². The van der Waals surface area contributed by atoms with Crippen molar-refractivity contribution in [1.82, 2.24) is 5.32 Å². The van der Waals surface area contributed by atoms with Gasteiger partial charge in [0.15, 0.2) is 0 Å². The summed E-state index contributed by atoms with van der Waals surface area (Å²) in [6.07, 6.45) is 0.142. The van der Waals surface area contributed by atoms with Gasteiger partial charge in [0.05, 0.1) is 6.04 Å². The number of carbonyl (C=O) groups excluding carboxylic acids is 2. The molecule has 2 heterocycles. The van der Waals surface area contributed by atoms with Crippen LogP contribution in [0.3, 0.4) is 0 Å². The molecule has 3 aromatic carbocycles. The fraction of sp³-hybridized carbons (Fsp3) is 0.167. The van der Waals surface area contributed by atoms with Gasteiger partial charge < -0.3 is 10.6 Å². The minimum absolute atomic E-state index is 0.142. The molecule has 0 radical (unpaired) electrons. The van der Waals surface area contributed by atoms with E-state index in [-0.39, 0.29) is 18.2 Å². The fourth-order valence-corrected chi connectivity index (χ4v) is 6.20. The van der Waals surface area contributed by atoms with E-state index in [2.05, 4.69) is 33.2 Å². The highest BCUT2D eigenvalue weighted by Gasteiger charge is 2.61. The maximum Gasteiger partial charge on any atom is 0.238 e. The van der Waals surface area contributed by atoms with E-state index in [1.807, 2.05) is 36.4 Å². The van der Waals surface area contributed by atoms with Crippen molar-refractivity contribution < 1.29 is 9.59 Å². The molecule has 1 saturated heterocycles. The number of carbonyl (C=O) groups is 2. The van der Waals surface area contributed by atoms with Gasteiger partial charge in [-0.15, -0.1) is 0 Å². The average molecular weight is 598 g/mol. The van der Waals surface area contributed by atoms with Crippen LogP contribution < -0.4 is 10.6 Å². The van der Waals surface area contributed by atoms with Crippen molar-refractivity contribution in [3.63, 3.8) is 0 Å². The maximum atomic E-state index is 13.9. The van der Waals surface area contributed by atoms with E-state index in [4.69, 9.17) is 34.8 Å². The minimum atomic E-state index is -1.11. The van der Waals surface area contributed by atoms with E-state index in [1.165, 1.54) is 0 Å². The van der Waals surface area contributed by atoms with Gasteiger partial charge in [0.1, 0.15) is 5.41 Å². The predicted molar refractivity (Wildman–Crippen MR) is 136 cm³/mol. The fourth-order valence-electron chi connectivity index (χ4n) is 5.01. The molecule has 0 saturated carbocycles. The number of benzene rings is 3. The molecular formula is C24H16Cl3IN2O2. The van der Waals surface area contributed by atoms with Gasteiger partial charge in [0.2, 0.25) is 11.8 Å². The van der Waals surface area contributed by atoms with Crippen LogP contribution in [-0.2, 0) is 15.0 Å². The molecule has 3 unspecified atom stereocenters. The normalized spacial score (nSPS) is 24.2. The number of rotatable bonds is 2. The van der Waals surface area contributed by atoms with E-state index in [0.29, 0.717) is 20.8 Å². The van der Waals surface area contributed by atoms with Gasteiger partial charge in [-0.3, -0.25) is 9.59 Å². The first-order chi connectivity index (χ1) is 15.3. The first-order valence-electron chi connectivity index (χ1n) is 9.92. The molecule has 8 heteroatoms. The van der Waals surface area contributed by atoms with Gasteiger partial charge >= 0.3 is 0 Å². The zero-order valence-electron chi connectivity index (χ0n) is 16.5. The van der Waals surface area contributed by atoms with Crippen LogP contribution in [0.15, 0.2) is 60.7 Å². The molecule has 2 N–H and O–H groups in total. The highest BCUT2D eigenvalue weighted by atomic mass is 127. The van der Waals surface area contributed by atoms with Gasteiger partial charge in [0.25, 0.3) is 0 Å². The van der Waals surface area contributed by atoms with Crippen molar-refractivity contribution in [1.29, 1.82) is 0 Å². The quantitative estimate of drug-likeness (QED) is 0.332. The van der Waals surface area contributed by atoms with Crippen LogP contribution in [0, 0.1) is 3.57 Å². The predicted octanol–water partition coefficient (Wildman–Crippen LogP) is 6.49. The molecular weight excluding hydrogens is 582 g/mol. The Bertz CT molecular complexity index is 1280. The summed E-state index contributed by atoms with van der Waals surface area (Å²) in [6.45, 7) is 0. The number of fused-ring (bicyclic) bond motifs is 2. The van der Waals surface area contributed by atoms with Crippen molar-refractivity contribution in [2.24, 2.45) is 0 Å². The molecule has 32 heavy (non-hydrogen) atoms. The highest BCUT2D eigenvalue weighted by Crippen LogP contribution is 2.58. The first kappa shape index (κ1) is 22.0. The number of halogens is 4. The Balaban J connectivity index is 1.83. The molecule has 0 bridgehead atoms. The van der Waals surface area contributed by atoms with Crippen LogP contribution in [0.4, 0.5) is 5.69 Å². The zero-order valence-corrected chi connectivity index (χ0v) is 20.9. The highest BCUT2D eigenvalue weighted by molar-refractivity contribution is 14.1. The molecule has 2 amide bonds. The van der Waals surface area contributed by atoms with Crippen molar-refractivity contribution in [2.45, 2.75) is 23.8 Å². The molecule has 2 aliphatic heterocycles. The van der Waals surface area contributed by atoms with Crippen LogP contribution in [0.1, 0.15) is 35.1 Å². The van der Waals surface area contributed by atoms with E-state index < -0.39 is 17.4 Å². The van der Waals surface area contributed by atoms with Gasteiger partial charge in [-0.1, -0.05) is 53.0 Å². The van der Waals surface area contributed by atoms with Crippen LogP contribution in [0.25, 0.3) is 0 Å². The summed E-state index contributed by atoms with van der Waals surface area (Å²) < 4.78 is 0.902. The number of piperidine rings is 1. The lowest BCUT2D eigenvalue weighted by atomic mass is 9.59. The number of anilines is 1. The van der Waals surface area contributed by atoms with Crippen LogP contribution >= 0.6 is 57.4 Å². The number of nitrogens with one attached hydrogen (secondary N) is 2. The summed E-state index contributed by atoms with van der Waals surface area (Å²) >= 11 is 21.1. The summed E-state index contributed by atoms with van der Waals surface area (Å²) in [5.74, 6) is -0.783. The Hall–Kier alpha value is -1.80. The molecule has 0 aromatic heterocycles. The van der Waals surface area contributed by atoms with Crippen molar-refractivity contribution in [2.75, 3.05) is 5.32 Å². The van der Waals surface area contributed by atoms with E-state index in [0.717, 1.165) is 20.3 Å². The Kier molecular flexibility index (Phi) is 5.64. The molecule has 5 rings (SSSR count). The smallest absolute Gasteiger partial charge is 0.238 e. The Labute approximate surface area is 213 Å². The second-order valence-corrected chi connectivity index (χ2v) is 10.5. The summed E-state index contributed by atoms with van der Waals surface area (Å²) in [6, 6.07) is 17.6. The van der Waals surface area contributed by atoms with Gasteiger partial charge in [-0.05, 0) is 81.7 Å². The Morgan fingerprint density at radius 1 is 0.906 bits per heavy atom. The number of hydrogen-bond acceptors (Lipinski definition) is 2. The topological polar surface area (TPSA) is 58.2 Å². The molecule has 2 aliphatic rings. The van der Waals surface area contributed by atoms with E-state index in [9.17, 15) is 9.59 Å². The zero-order chi connectivity index (χ0) is 22.6. The number of hydrogen-bond donors (Lipinski definition) is 2. The molecule has 4 nitrogen and oxygen atoms in total. The largest absolute Gasteiger partial charge is 0.348 e. The van der Waals surface area contributed by atoms with Gasteiger partial charge in [-0.2, -0.15) is 0 Å². The molecule has 1 spiro atoms. The second kappa shape index (κ2) is 8.20. The summed E-state index contributed by atoms with van der Waals surface area (Å²) in [4.78, 5) is 26.9. The average Bonchev–Trinajstić information content (AvgIpc) is 3.02. The molecule has 1 fully saturated rings. The van der Waals surface area contributed by atoms with Gasteiger partial charge in [-0.25, -0.2) is 0 Å². The molecule has 3 atom stereocenters. The summed E-state index contributed by atoms with van der Waals surface area (Å²) in [7, 11) is 0. The Morgan fingerprint density at radius 2 is 1.62 bits per heavy atom. The second-order valence-electron chi connectivity index (χ2n) is 7.99. The van der Waals surface area contributed by atoms with Gasteiger partial charge in [0, 0.05) is 36.7 Å². The first-order valence-corrected chi connectivity index (χ1v) is 12.1. The SMILES string of the molecule is O=C1CC(c2cccc(Cl)c2)C2(C(=O)Nc3cc(Cl)ccc32)C(c2cc(Cl)ccc2I)N1. The van der Waals surface area contributed by atoms with Crippen LogP contribution in [0.2, 0.25) is 15.1 Å². The molecule has 162 valence electrons. The summed E-state index contributed by atoms with van der Waals surface area (Å²) in [5, 5.41) is 7.73. The van der Waals surface area contributed by atoms with Crippen molar-refractivity contribution in [3.8, 4) is 0 Å². The summed E-state index contributed by atoms with van der Waals surface area (Å²) in [5.41, 5.74) is 1.94. The van der Waals surface area contributed by atoms with Crippen LogP contribution in [0.5, 0.6) is 0 Å². The van der Waals surface area contributed by atoms with E-state index in [1.54, 1.807) is 24.3 Å². The molecule has 3 aromatic rings. The van der Waals surface area contributed by atoms with Crippen molar-refractivity contribution in [3.05, 3.63) is 96.0 Å². The maximum absolute atomic E-state index is 13.9. The Morgan fingerprint density at radius 3 is 2.41 bits per heavy atom.